The lowest BCUT2D eigenvalue weighted by Crippen LogP contribution is -2.20. The van der Waals surface area contributed by atoms with Crippen LogP contribution in [0.5, 0.6) is 5.75 Å². The number of benzene rings is 2. The van der Waals surface area contributed by atoms with Gasteiger partial charge in [-0.05, 0) is 61.6 Å². The molecule has 1 aliphatic rings. The Labute approximate surface area is 176 Å². The molecule has 1 amide bonds. The summed E-state index contributed by atoms with van der Waals surface area (Å²) in [7, 11) is 0. The molecule has 4 aromatic rings. The Bertz CT molecular complexity index is 1460. The van der Waals surface area contributed by atoms with Crippen LogP contribution in [0, 0.1) is 6.92 Å². The number of aryl methyl sites for hydroxylation is 2. The standard InChI is InChI=1S/C24H19NO6/c1-13-9-23(27)30-20-10-14(5-7-16(13)20)25-22(26)12-29-15-6-8-18-17-3-2-4-19(17)24(28)31-21(18)11-15/h5-11H,2-4,12H2,1H3,(H,25,26). The Morgan fingerprint density at radius 2 is 1.74 bits per heavy atom. The number of hydrogen-bond donors (Lipinski definition) is 1. The maximum Gasteiger partial charge on any atom is 0.339 e. The third-order valence-corrected chi connectivity index (χ3v) is 5.55. The molecule has 1 N–H and O–H groups in total. The van der Waals surface area contributed by atoms with Crippen LogP contribution < -0.4 is 21.3 Å². The lowest BCUT2D eigenvalue weighted by atomic mass is 10.1. The van der Waals surface area contributed by atoms with Gasteiger partial charge in [0.05, 0.1) is 0 Å². The molecule has 5 rings (SSSR count). The van der Waals surface area contributed by atoms with Gasteiger partial charge in [-0.1, -0.05) is 0 Å². The molecule has 0 unspecified atom stereocenters. The first-order valence-corrected chi connectivity index (χ1v) is 10.0. The summed E-state index contributed by atoms with van der Waals surface area (Å²) in [5.41, 5.74) is 3.24. The fraction of sp³-hybridized carbons (Fsp3) is 0.208. The smallest absolute Gasteiger partial charge is 0.339 e. The lowest BCUT2D eigenvalue weighted by Gasteiger charge is -2.10. The van der Waals surface area contributed by atoms with Crippen molar-refractivity contribution < 1.29 is 18.4 Å². The largest absolute Gasteiger partial charge is 0.484 e. The van der Waals surface area contributed by atoms with Crippen molar-refractivity contribution in [3.05, 3.63) is 80.0 Å². The van der Waals surface area contributed by atoms with Crippen molar-refractivity contribution in [2.24, 2.45) is 0 Å². The van der Waals surface area contributed by atoms with Gasteiger partial charge in [-0.3, -0.25) is 4.79 Å². The van der Waals surface area contributed by atoms with E-state index in [1.165, 1.54) is 6.07 Å². The summed E-state index contributed by atoms with van der Waals surface area (Å²) in [6, 6.07) is 11.8. The molecule has 2 aromatic carbocycles. The fourth-order valence-electron chi connectivity index (χ4n) is 4.10. The van der Waals surface area contributed by atoms with Gasteiger partial charge in [-0.15, -0.1) is 0 Å². The van der Waals surface area contributed by atoms with Crippen LogP contribution in [0.1, 0.15) is 23.1 Å². The topological polar surface area (TPSA) is 98.8 Å². The maximum absolute atomic E-state index is 12.3. The van der Waals surface area contributed by atoms with E-state index in [9.17, 15) is 14.4 Å². The lowest BCUT2D eigenvalue weighted by molar-refractivity contribution is -0.118. The second-order valence-corrected chi connectivity index (χ2v) is 7.65. The average Bonchev–Trinajstić information content (AvgIpc) is 3.22. The van der Waals surface area contributed by atoms with Crippen molar-refractivity contribution in [3.63, 3.8) is 0 Å². The molecule has 0 atom stereocenters. The monoisotopic (exact) mass is 417 g/mol. The number of rotatable bonds is 4. The van der Waals surface area contributed by atoms with Crippen LogP contribution in [0.25, 0.3) is 21.9 Å². The van der Waals surface area contributed by atoms with Crippen LogP contribution in [0.15, 0.2) is 60.9 Å². The molecule has 156 valence electrons. The summed E-state index contributed by atoms with van der Waals surface area (Å²) in [5, 5.41) is 4.44. The number of fused-ring (bicyclic) bond motifs is 4. The number of carbonyl (C=O) groups is 1. The minimum absolute atomic E-state index is 0.226. The predicted octanol–water partition coefficient (Wildman–Crippen LogP) is 3.71. The van der Waals surface area contributed by atoms with E-state index >= 15 is 0 Å². The Kier molecular flexibility index (Phi) is 4.58. The molecular formula is C24H19NO6. The first kappa shape index (κ1) is 19.1. The molecule has 2 heterocycles. The molecule has 7 nitrogen and oxygen atoms in total. The summed E-state index contributed by atoms with van der Waals surface area (Å²) >= 11 is 0. The molecule has 0 fully saturated rings. The Hall–Kier alpha value is -3.87. The maximum atomic E-state index is 12.3. The van der Waals surface area contributed by atoms with Crippen molar-refractivity contribution in [2.75, 3.05) is 11.9 Å². The Morgan fingerprint density at radius 1 is 0.968 bits per heavy atom. The zero-order valence-corrected chi connectivity index (χ0v) is 16.8. The van der Waals surface area contributed by atoms with E-state index in [-0.39, 0.29) is 18.1 Å². The van der Waals surface area contributed by atoms with E-state index in [1.807, 2.05) is 13.0 Å². The average molecular weight is 417 g/mol. The first-order chi connectivity index (χ1) is 15.0. The number of carbonyl (C=O) groups excluding carboxylic acids is 1. The predicted molar refractivity (Wildman–Crippen MR) is 116 cm³/mol. The van der Waals surface area contributed by atoms with Crippen LogP contribution in [-0.2, 0) is 17.6 Å². The molecular weight excluding hydrogens is 398 g/mol. The first-order valence-electron chi connectivity index (χ1n) is 10.0. The van der Waals surface area contributed by atoms with E-state index in [0.717, 1.165) is 46.7 Å². The van der Waals surface area contributed by atoms with Crippen molar-refractivity contribution in [1.29, 1.82) is 0 Å². The summed E-state index contributed by atoms with van der Waals surface area (Å²) < 4.78 is 16.2. The number of anilines is 1. The second kappa shape index (κ2) is 7.43. The normalized spacial score (nSPS) is 12.8. The molecule has 0 spiro atoms. The van der Waals surface area contributed by atoms with Gasteiger partial charge in [0, 0.05) is 40.2 Å². The van der Waals surface area contributed by atoms with Gasteiger partial charge < -0.3 is 18.9 Å². The minimum Gasteiger partial charge on any atom is -0.484 e. The molecule has 0 bridgehead atoms. The zero-order valence-electron chi connectivity index (χ0n) is 16.8. The Morgan fingerprint density at radius 3 is 2.61 bits per heavy atom. The van der Waals surface area contributed by atoms with E-state index in [4.69, 9.17) is 13.6 Å². The molecule has 2 aromatic heterocycles. The molecule has 31 heavy (non-hydrogen) atoms. The van der Waals surface area contributed by atoms with Crippen LogP contribution in [0.2, 0.25) is 0 Å². The summed E-state index contributed by atoms with van der Waals surface area (Å²) in [6.45, 7) is 1.60. The van der Waals surface area contributed by atoms with Crippen molar-refractivity contribution in [3.8, 4) is 5.75 Å². The SMILES string of the molecule is Cc1cc(=O)oc2cc(NC(=O)COc3ccc4c5c(c(=O)oc4c3)CCC5)ccc12. The van der Waals surface area contributed by atoms with E-state index in [1.54, 1.807) is 30.3 Å². The van der Waals surface area contributed by atoms with Crippen LogP contribution in [-0.4, -0.2) is 12.5 Å². The van der Waals surface area contributed by atoms with E-state index < -0.39 is 5.63 Å². The summed E-state index contributed by atoms with van der Waals surface area (Å²) in [4.78, 5) is 36.0. The van der Waals surface area contributed by atoms with Gasteiger partial charge in [-0.2, -0.15) is 0 Å². The second-order valence-electron chi connectivity index (χ2n) is 7.65. The van der Waals surface area contributed by atoms with Gasteiger partial charge in [0.1, 0.15) is 16.9 Å². The zero-order chi connectivity index (χ0) is 21.5. The van der Waals surface area contributed by atoms with Gasteiger partial charge >= 0.3 is 11.3 Å². The van der Waals surface area contributed by atoms with Crippen molar-refractivity contribution in [2.45, 2.75) is 26.2 Å². The van der Waals surface area contributed by atoms with E-state index in [2.05, 4.69) is 5.32 Å². The molecule has 0 saturated carbocycles. The molecule has 0 saturated heterocycles. The Balaban J connectivity index is 1.31. The molecule has 1 aliphatic carbocycles. The van der Waals surface area contributed by atoms with E-state index in [0.29, 0.717) is 22.6 Å². The number of hydrogen-bond acceptors (Lipinski definition) is 6. The van der Waals surface area contributed by atoms with Gasteiger partial charge in [0.15, 0.2) is 6.61 Å². The quantitative estimate of drug-likeness (QED) is 0.508. The highest BCUT2D eigenvalue weighted by Gasteiger charge is 2.19. The summed E-state index contributed by atoms with van der Waals surface area (Å²) in [6.07, 6.45) is 2.57. The highest BCUT2D eigenvalue weighted by molar-refractivity contribution is 5.94. The minimum atomic E-state index is -0.439. The van der Waals surface area contributed by atoms with Gasteiger partial charge in [0.2, 0.25) is 0 Å². The van der Waals surface area contributed by atoms with Gasteiger partial charge in [-0.25, -0.2) is 9.59 Å². The number of nitrogens with one attached hydrogen (secondary N) is 1. The molecule has 0 radical (unpaired) electrons. The third-order valence-electron chi connectivity index (χ3n) is 5.55. The molecule has 0 aliphatic heterocycles. The number of amides is 1. The highest BCUT2D eigenvalue weighted by Crippen LogP contribution is 2.29. The third kappa shape index (κ3) is 3.59. The van der Waals surface area contributed by atoms with Crippen LogP contribution >= 0.6 is 0 Å². The highest BCUT2D eigenvalue weighted by atomic mass is 16.5. The fourth-order valence-corrected chi connectivity index (χ4v) is 4.10. The van der Waals surface area contributed by atoms with Gasteiger partial charge in [0.25, 0.3) is 5.91 Å². The van der Waals surface area contributed by atoms with Crippen LogP contribution in [0.3, 0.4) is 0 Å². The van der Waals surface area contributed by atoms with Crippen LogP contribution in [0.4, 0.5) is 5.69 Å². The van der Waals surface area contributed by atoms with Crippen molar-refractivity contribution >= 4 is 33.5 Å². The van der Waals surface area contributed by atoms with Crippen molar-refractivity contribution in [1.82, 2.24) is 0 Å². The summed E-state index contributed by atoms with van der Waals surface area (Å²) in [5.74, 6) is 0.0636. The molecule has 7 heteroatoms. The number of ether oxygens (including phenoxy) is 1.